The van der Waals surface area contributed by atoms with Crippen molar-refractivity contribution in [2.24, 2.45) is 11.8 Å². The van der Waals surface area contributed by atoms with Crippen LogP contribution in [-0.2, 0) is 0 Å². The van der Waals surface area contributed by atoms with E-state index in [2.05, 4.69) is 25.7 Å². The predicted molar refractivity (Wildman–Crippen MR) is 61.4 cm³/mol. The summed E-state index contributed by atoms with van der Waals surface area (Å²) in [6.07, 6.45) is 7.47. The van der Waals surface area contributed by atoms with Crippen LogP contribution in [0.15, 0.2) is 0 Å². The molecule has 1 nitrogen and oxygen atoms in total. The Kier molecular flexibility index (Phi) is 2.88. The molecule has 2 fully saturated rings. The van der Waals surface area contributed by atoms with Gasteiger partial charge in [0.25, 0.3) is 0 Å². The first-order valence-electron chi connectivity index (χ1n) is 6.31. The highest BCUT2D eigenvalue weighted by atomic mass is 15.2. The third-order valence-corrected chi connectivity index (χ3v) is 4.05. The van der Waals surface area contributed by atoms with Gasteiger partial charge in [-0.3, -0.25) is 4.90 Å². The molecule has 1 saturated heterocycles. The summed E-state index contributed by atoms with van der Waals surface area (Å²) in [7, 11) is 0. The van der Waals surface area contributed by atoms with Crippen LogP contribution in [0.25, 0.3) is 0 Å². The minimum atomic E-state index is 0.390. The van der Waals surface area contributed by atoms with Crippen LogP contribution < -0.4 is 0 Å². The van der Waals surface area contributed by atoms with Crippen molar-refractivity contribution in [3.8, 4) is 0 Å². The van der Waals surface area contributed by atoms with E-state index in [0.717, 1.165) is 11.8 Å². The van der Waals surface area contributed by atoms with Crippen molar-refractivity contribution in [1.29, 1.82) is 0 Å². The number of nitrogens with zero attached hydrogens (tertiary/aromatic N) is 1. The molecule has 14 heavy (non-hydrogen) atoms. The number of fused-ring (bicyclic) bond motifs is 2. The van der Waals surface area contributed by atoms with Gasteiger partial charge in [-0.15, -0.1) is 0 Å². The van der Waals surface area contributed by atoms with Crippen molar-refractivity contribution in [3.05, 3.63) is 0 Å². The molecule has 2 unspecified atom stereocenters. The van der Waals surface area contributed by atoms with Crippen LogP contribution in [0.2, 0.25) is 0 Å². The second-order valence-electron chi connectivity index (χ2n) is 6.33. The summed E-state index contributed by atoms with van der Waals surface area (Å²) in [5, 5.41) is 0. The van der Waals surface area contributed by atoms with Crippen molar-refractivity contribution in [2.75, 3.05) is 13.1 Å². The number of likely N-dealkylation sites (tertiary alicyclic amines) is 1. The predicted octanol–water partition coefficient (Wildman–Crippen LogP) is 3.30. The number of hydrogen-bond acceptors (Lipinski definition) is 1. The summed E-state index contributed by atoms with van der Waals surface area (Å²) < 4.78 is 0. The van der Waals surface area contributed by atoms with E-state index < -0.39 is 0 Å². The Balaban J connectivity index is 2.03. The highest BCUT2D eigenvalue weighted by Crippen LogP contribution is 2.35. The highest BCUT2D eigenvalue weighted by molar-refractivity contribution is 4.87. The van der Waals surface area contributed by atoms with Crippen molar-refractivity contribution in [2.45, 2.75) is 58.4 Å². The summed E-state index contributed by atoms with van der Waals surface area (Å²) in [5.74, 6) is 2.02. The standard InChI is InChI=1S/C13H25N/c1-13(2,3)14-9-11-6-4-5-7-12(8-11)10-14/h11-12H,4-10H2,1-3H3. The van der Waals surface area contributed by atoms with Crippen LogP contribution in [0.5, 0.6) is 0 Å². The van der Waals surface area contributed by atoms with Gasteiger partial charge in [-0.25, -0.2) is 0 Å². The first kappa shape index (κ1) is 10.5. The first-order chi connectivity index (χ1) is 6.55. The Morgan fingerprint density at radius 3 is 1.86 bits per heavy atom. The summed E-state index contributed by atoms with van der Waals surface area (Å²) in [4.78, 5) is 2.72. The van der Waals surface area contributed by atoms with E-state index in [1.54, 1.807) is 0 Å². The van der Waals surface area contributed by atoms with E-state index in [0.29, 0.717) is 5.54 Å². The molecule has 1 heterocycles. The minimum absolute atomic E-state index is 0.390. The molecule has 1 aliphatic carbocycles. The number of hydrogen-bond donors (Lipinski definition) is 0. The summed E-state index contributed by atoms with van der Waals surface area (Å²) in [5.41, 5.74) is 0.390. The Labute approximate surface area is 88.9 Å². The molecule has 2 bridgehead atoms. The lowest BCUT2D eigenvalue weighted by Crippen LogP contribution is -2.49. The van der Waals surface area contributed by atoms with Crippen molar-refractivity contribution in [3.63, 3.8) is 0 Å². The van der Waals surface area contributed by atoms with Gasteiger partial charge in [0.15, 0.2) is 0 Å². The lowest BCUT2D eigenvalue weighted by Gasteiger charge is -2.44. The Morgan fingerprint density at radius 2 is 1.43 bits per heavy atom. The van der Waals surface area contributed by atoms with E-state index in [1.165, 1.54) is 45.2 Å². The molecule has 2 aliphatic rings. The second kappa shape index (κ2) is 3.84. The van der Waals surface area contributed by atoms with E-state index in [9.17, 15) is 0 Å². The maximum Gasteiger partial charge on any atom is 0.0125 e. The fraction of sp³-hybridized carbons (Fsp3) is 1.00. The topological polar surface area (TPSA) is 3.24 Å². The molecule has 0 aromatic carbocycles. The molecule has 2 rings (SSSR count). The molecule has 0 aromatic heterocycles. The smallest absolute Gasteiger partial charge is 0.0125 e. The zero-order chi connectivity index (χ0) is 10.2. The highest BCUT2D eigenvalue weighted by Gasteiger charge is 2.33. The molecular formula is C13H25N. The molecule has 0 amide bonds. The monoisotopic (exact) mass is 195 g/mol. The lowest BCUT2D eigenvalue weighted by molar-refractivity contribution is 0.0485. The molecule has 1 heteroatoms. The SMILES string of the molecule is CC(C)(C)N1CC2CCCCC(C2)C1. The molecular weight excluding hydrogens is 170 g/mol. The third-order valence-electron chi connectivity index (χ3n) is 4.05. The van der Waals surface area contributed by atoms with Crippen LogP contribution in [0.1, 0.15) is 52.9 Å². The van der Waals surface area contributed by atoms with Gasteiger partial charge in [0, 0.05) is 18.6 Å². The van der Waals surface area contributed by atoms with Gasteiger partial charge in [-0.2, -0.15) is 0 Å². The maximum atomic E-state index is 2.72. The van der Waals surface area contributed by atoms with Gasteiger partial charge < -0.3 is 0 Å². The third kappa shape index (κ3) is 2.31. The zero-order valence-corrected chi connectivity index (χ0v) is 10.1. The average Bonchev–Trinajstić information content (AvgIpc) is 2.25. The van der Waals surface area contributed by atoms with E-state index in [-0.39, 0.29) is 0 Å². The first-order valence-corrected chi connectivity index (χ1v) is 6.31. The lowest BCUT2D eigenvalue weighted by atomic mass is 9.85. The Hall–Kier alpha value is -0.0400. The summed E-state index contributed by atoms with van der Waals surface area (Å²) in [6.45, 7) is 9.82. The zero-order valence-electron chi connectivity index (χ0n) is 10.1. The Morgan fingerprint density at radius 1 is 0.929 bits per heavy atom. The molecule has 0 N–H and O–H groups in total. The van der Waals surface area contributed by atoms with Gasteiger partial charge in [0.2, 0.25) is 0 Å². The quantitative estimate of drug-likeness (QED) is 0.573. The van der Waals surface area contributed by atoms with Gasteiger partial charge in [-0.1, -0.05) is 12.8 Å². The largest absolute Gasteiger partial charge is 0.298 e. The normalized spacial score (nSPS) is 35.4. The average molecular weight is 195 g/mol. The summed E-state index contributed by atoms with van der Waals surface area (Å²) >= 11 is 0. The maximum absolute atomic E-state index is 2.72. The molecule has 1 aliphatic heterocycles. The minimum Gasteiger partial charge on any atom is -0.298 e. The van der Waals surface area contributed by atoms with Gasteiger partial charge in [0.1, 0.15) is 0 Å². The summed E-state index contributed by atoms with van der Waals surface area (Å²) in [6, 6.07) is 0. The van der Waals surface area contributed by atoms with E-state index >= 15 is 0 Å². The van der Waals surface area contributed by atoms with Crippen LogP contribution in [0.3, 0.4) is 0 Å². The van der Waals surface area contributed by atoms with Crippen LogP contribution in [0, 0.1) is 11.8 Å². The fourth-order valence-corrected chi connectivity index (χ4v) is 3.15. The molecule has 0 spiro atoms. The fourth-order valence-electron chi connectivity index (χ4n) is 3.15. The van der Waals surface area contributed by atoms with Crippen LogP contribution in [-0.4, -0.2) is 23.5 Å². The van der Waals surface area contributed by atoms with Gasteiger partial charge in [0.05, 0.1) is 0 Å². The van der Waals surface area contributed by atoms with E-state index in [4.69, 9.17) is 0 Å². The number of rotatable bonds is 0. The van der Waals surface area contributed by atoms with Crippen molar-refractivity contribution < 1.29 is 0 Å². The molecule has 0 aromatic rings. The van der Waals surface area contributed by atoms with Crippen LogP contribution >= 0.6 is 0 Å². The second-order valence-corrected chi connectivity index (χ2v) is 6.33. The molecule has 0 radical (unpaired) electrons. The van der Waals surface area contributed by atoms with Crippen molar-refractivity contribution in [1.82, 2.24) is 4.90 Å². The molecule has 82 valence electrons. The Bertz CT molecular complexity index is 178. The van der Waals surface area contributed by atoms with E-state index in [1.807, 2.05) is 0 Å². The van der Waals surface area contributed by atoms with Gasteiger partial charge in [-0.05, 0) is 51.9 Å². The molecule has 1 saturated carbocycles. The molecule has 2 atom stereocenters. The number of piperidine rings is 1. The van der Waals surface area contributed by atoms with Crippen LogP contribution in [0.4, 0.5) is 0 Å². The van der Waals surface area contributed by atoms with Crippen molar-refractivity contribution >= 4 is 0 Å². The van der Waals surface area contributed by atoms with Gasteiger partial charge >= 0.3 is 0 Å².